The van der Waals surface area contributed by atoms with Gasteiger partial charge in [0, 0.05) is 30.7 Å². The second-order valence-corrected chi connectivity index (χ2v) is 5.79. The van der Waals surface area contributed by atoms with E-state index in [0.29, 0.717) is 0 Å². The lowest BCUT2D eigenvalue weighted by Crippen LogP contribution is -2.21. The van der Waals surface area contributed by atoms with E-state index in [4.69, 9.17) is 0 Å². The van der Waals surface area contributed by atoms with E-state index in [-0.39, 0.29) is 0 Å². The molecule has 0 fully saturated rings. The zero-order valence-electron chi connectivity index (χ0n) is 12.3. The summed E-state index contributed by atoms with van der Waals surface area (Å²) in [6.45, 7) is 8.29. The largest absolute Gasteiger partial charge is 0.349 e. The number of nitrogens with zero attached hydrogens (tertiary/aromatic N) is 2. The van der Waals surface area contributed by atoms with Crippen molar-refractivity contribution in [3.63, 3.8) is 0 Å². The van der Waals surface area contributed by atoms with Gasteiger partial charge in [0.2, 0.25) is 0 Å². The van der Waals surface area contributed by atoms with Gasteiger partial charge in [0.05, 0.1) is 0 Å². The van der Waals surface area contributed by atoms with Crippen LogP contribution in [0.2, 0.25) is 0 Å². The normalized spacial score (nSPS) is 10.7. The van der Waals surface area contributed by atoms with Gasteiger partial charge in [-0.05, 0) is 32.4 Å². The number of rotatable bonds is 8. The second kappa shape index (κ2) is 8.02. The molecule has 0 aliphatic heterocycles. The maximum Gasteiger partial charge on any atom is 0.185 e. The summed E-state index contributed by atoms with van der Waals surface area (Å²) in [4.78, 5) is 8.09. The molecule has 1 aromatic heterocycles. The Balaban J connectivity index is 1.74. The van der Waals surface area contributed by atoms with Crippen LogP contribution in [0.1, 0.15) is 24.3 Å². The summed E-state index contributed by atoms with van der Waals surface area (Å²) in [5.41, 5.74) is 1.38. The van der Waals surface area contributed by atoms with Crippen molar-refractivity contribution in [3.8, 4) is 0 Å². The second-order valence-electron chi connectivity index (χ2n) is 4.69. The molecule has 4 heteroatoms. The van der Waals surface area contributed by atoms with Crippen LogP contribution < -0.4 is 10.2 Å². The van der Waals surface area contributed by atoms with Crippen molar-refractivity contribution in [2.45, 2.75) is 26.8 Å². The highest BCUT2D eigenvalue weighted by atomic mass is 32.1. The molecule has 3 nitrogen and oxygen atoms in total. The van der Waals surface area contributed by atoms with Crippen LogP contribution in [0.3, 0.4) is 0 Å². The van der Waals surface area contributed by atoms with Crippen LogP contribution in [-0.4, -0.2) is 24.6 Å². The highest BCUT2D eigenvalue weighted by Gasteiger charge is 2.07. The van der Waals surface area contributed by atoms with Crippen molar-refractivity contribution in [1.29, 1.82) is 0 Å². The Morgan fingerprint density at radius 1 is 1.15 bits per heavy atom. The van der Waals surface area contributed by atoms with Gasteiger partial charge in [-0.3, -0.25) is 0 Å². The minimum absolute atomic E-state index is 0.909. The molecule has 0 radical (unpaired) electrons. The molecule has 20 heavy (non-hydrogen) atoms. The van der Waals surface area contributed by atoms with Gasteiger partial charge in [0.25, 0.3) is 0 Å². The molecule has 0 unspecified atom stereocenters. The van der Waals surface area contributed by atoms with Crippen molar-refractivity contribution >= 4 is 16.5 Å². The highest BCUT2D eigenvalue weighted by Crippen LogP contribution is 2.21. The van der Waals surface area contributed by atoms with Crippen LogP contribution in [0.4, 0.5) is 5.13 Å². The molecule has 0 saturated carbocycles. The minimum Gasteiger partial charge on any atom is -0.349 e. The fraction of sp³-hybridized carbons (Fsp3) is 0.438. The zero-order chi connectivity index (χ0) is 14.2. The average molecular weight is 289 g/mol. The van der Waals surface area contributed by atoms with Gasteiger partial charge in [-0.1, -0.05) is 30.3 Å². The minimum atomic E-state index is 0.909. The number of aromatic nitrogens is 1. The molecule has 0 atom stereocenters. The summed E-state index contributed by atoms with van der Waals surface area (Å²) in [5, 5.41) is 4.62. The Morgan fingerprint density at radius 2 is 1.90 bits per heavy atom. The summed E-state index contributed by atoms with van der Waals surface area (Å²) >= 11 is 1.79. The Labute approximate surface area is 125 Å². The van der Waals surface area contributed by atoms with Gasteiger partial charge in [0.1, 0.15) is 0 Å². The predicted octanol–water partition coefficient (Wildman–Crippen LogP) is 3.32. The number of thiazole rings is 1. The van der Waals surface area contributed by atoms with Crippen molar-refractivity contribution < 1.29 is 0 Å². The first-order chi connectivity index (χ1) is 9.83. The van der Waals surface area contributed by atoms with Crippen molar-refractivity contribution in [2.75, 3.05) is 24.5 Å². The summed E-state index contributed by atoms with van der Waals surface area (Å²) in [5.74, 6) is 0. The molecular formula is C16H23N3S. The van der Waals surface area contributed by atoms with E-state index in [1.54, 1.807) is 11.3 Å². The Bertz CT molecular complexity index is 491. The lowest BCUT2D eigenvalue weighted by molar-refractivity contribution is 0.693. The molecule has 0 aliphatic rings. The fourth-order valence-electron chi connectivity index (χ4n) is 2.11. The van der Waals surface area contributed by atoms with Gasteiger partial charge >= 0.3 is 0 Å². The van der Waals surface area contributed by atoms with E-state index in [0.717, 1.165) is 37.7 Å². The SMILES string of the molecule is CCN(CC)c1ncc(CNCCc2ccccc2)s1. The highest BCUT2D eigenvalue weighted by molar-refractivity contribution is 7.15. The van der Waals surface area contributed by atoms with Gasteiger partial charge in [-0.2, -0.15) is 0 Å². The molecule has 1 heterocycles. The number of benzene rings is 1. The summed E-state index contributed by atoms with van der Waals surface area (Å²) in [6.07, 6.45) is 3.07. The summed E-state index contributed by atoms with van der Waals surface area (Å²) < 4.78 is 0. The maximum absolute atomic E-state index is 4.50. The van der Waals surface area contributed by atoms with E-state index in [1.807, 2.05) is 6.20 Å². The lowest BCUT2D eigenvalue weighted by atomic mass is 10.1. The molecule has 0 spiro atoms. The lowest BCUT2D eigenvalue weighted by Gasteiger charge is -2.16. The maximum atomic E-state index is 4.50. The monoisotopic (exact) mass is 289 g/mol. The van der Waals surface area contributed by atoms with E-state index in [1.165, 1.54) is 10.4 Å². The van der Waals surface area contributed by atoms with Crippen LogP contribution in [0.5, 0.6) is 0 Å². The van der Waals surface area contributed by atoms with E-state index in [9.17, 15) is 0 Å². The Morgan fingerprint density at radius 3 is 2.60 bits per heavy atom. The zero-order valence-corrected chi connectivity index (χ0v) is 13.1. The first kappa shape index (κ1) is 15.0. The Hall–Kier alpha value is -1.39. The van der Waals surface area contributed by atoms with Crippen LogP contribution in [0.15, 0.2) is 36.5 Å². The number of anilines is 1. The first-order valence-corrected chi connectivity index (χ1v) is 8.09. The van der Waals surface area contributed by atoms with E-state index in [2.05, 4.69) is 59.4 Å². The van der Waals surface area contributed by atoms with Crippen molar-refractivity contribution in [1.82, 2.24) is 10.3 Å². The van der Waals surface area contributed by atoms with Crippen molar-refractivity contribution in [3.05, 3.63) is 47.0 Å². The third kappa shape index (κ3) is 4.32. The van der Waals surface area contributed by atoms with Crippen LogP contribution >= 0.6 is 11.3 Å². The van der Waals surface area contributed by atoms with Crippen LogP contribution in [-0.2, 0) is 13.0 Å². The number of nitrogens with one attached hydrogen (secondary N) is 1. The molecule has 0 saturated heterocycles. The number of hydrogen-bond donors (Lipinski definition) is 1. The van der Waals surface area contributed by atoms with Crippen LogP contribution in [0.25, 0.3) is 0 Å². The molecular weight excluding hydrogens is 266 g/mol. The van der Waals surface area contributed by atoms with E-state index < -0.39 is 0 Å². The van der Waals surface area contributed by atoms with Gasteiger partial charge in [-0.15, -0.1) is 11.3 Å². The van der Waals surface area contributed by atoms with Crippen LogP contribution in [0, 0.1) is 0 Å². The van der Waals surface area contributed by atoms with E-state index >= 15 is 0 Å². The topological polar surface area (TPSA) is 28.2 Å². The molecule has 0 aliphatic carbocycles. The predicted molar refractivity (Wildman–Crippen MR) is 87.5 cm³/mol. The first-order valence-electron chi connectivity index (χ1n) is 7.27. The standard InChI is InChI=1S/C16H23N3S/c1-3-19(4-2)16-18-13-15(20-16)12-17-11-10-14-8-6-5-7-9-14/h5-9,13,17H,3-4,10-12H2,1-2H3. The molecule has 0 amide bonds. The fourth-order valence-corrected chi connectivity index (χ4v) is 3.12. The molecule has 2 rings (SSSR count). The molecule has 2 aromatic rings. The van der Waals surface area contributed by atoms with Gasteiger partial charge < -0.3 is 10.2 Å². The Kier molecular flexibility index (Phi) is 6.02. The third-order valence-corrected chi connectivity index (χ3v) is 4.37. The van der Waals surface area contributed by atoms with Gasteiger partial charge in [-0.25, -0.2) is 4.98 Å². The molecule has 0 bridgehead atoms. The third-order valence-electron chi connectivity index (χ3n) is 3.31. The smallest absolute Gasteiger partial charge is 0.185 e. The summed E-state index contributed by atoms with van der Waals surface area (Å²) in [7, 11) is 0. The quantitative estimate of drug-likeness (QED) is 0.756. The molecule has 1 aromatic carbocycles. The van der Waals surface area contributed by atoms with Gasteiger partial charge in [0.15, 0.2) is 5.13 Å². The average Bonchev–Trinajstić information content (AvgIpc) is 2.95. The number of hydrogen-bond acceptors (Lipinski definition) is 4. The van der Waals surface area contributed by atoms with Crippen molar-refractivity contribution in [2.24, 2.45) is 0 Å². The molecule has 1 N–H and O–H groups in total. The summed E-state index contributed by atoms with van der Waals surface area (Å²) in [6, 6.07) is 10.6. The molecule has 108 valence electrons.